The molecule has 0 fully saturated rings. The van der Waals surface area contributed by atoms with Crippen LogP contribution in [-0.4, -0.2) is 26.6 Å². The second-order valence-corrected chi connectivity index (χ2v) is 2.43. The van der Waals surface area contributed by atoms with Gasteiger partial charge in [0.05, 0.1) is 12.7 Å². The minimum absolute atomic E-state index is 0.0150. The minimum Gasteiger partial charge on any atom is -0.387 e. The third kappa shape index (κ3) is 2.43. The molecule has 13 heavy (non-hydrogen) atoms. The van der Waals surface area contributed by atoms with Crippen molar-refractivity contribution in [1.29, 1.82) is 0 Å². The summed E-state index contributed by atoms with van der Waals surface area (Å²) in [6.07, 6.45) is 0.758. The Labute approximate surface area is 74.6 Å². The van der Waals surface area contributed by atoms with Crippen LogP contribution in [0.3, 0.4) is 0 Å². The summed E-state index contributed by atoms with van der Waals surface area (Å²) in [6, 6.07) is 0. The van der Waals surface area contributed by atoms with Gasteiger partial charge in [-0.2, -0.15) is 0 Å². The van der Waals surface area contributed by atoms with E-state index in [9.17, 15) is 5.11 Å². The van der Waals surface area contributed by atoms with E-state index in [-0.39, 0.29) is 6.54 Å². The zero-order valence-corrected chi connectivity index (χ0v) is 7.20. The quantitative estimate of drug-likeness (QED) is 0.420. The topological polar surface area (TPSA) is 99.7 Å². The number of nitrogens with zero attached hydrogens (tertiary/aromatic N) is 6. The molecule has 1 atom stereocenters. The summed E-state index contributed by atoms with van der Waals surface area (Å²) in [6.45, 7) is 2.60. The van der Waals surface area contributed by atoms with Crippen LogP contribution in [0.2, 0.25) is 0 Å². The van der Waals surface area contributed by atoms with Gasteiger partial charge in [-0.3, -0.25) is 4.68 Å². The van der Waals surface area contributed by atoms with Gasteiger partial charge in [0.25, 0.3) is 0 Å². The van der Waals surface area contributed by atoms with Gasteiger partial charge in [-0.1, -0.05) is 10.3 Å². The molecule has 0 unspecified atom stereocenters. The summed E-state index contributed by atoms with van der Waals surface area (Å²) in [5.74, 6) is 0. The first-order valence-corrected chi connectivity index (χ1v) is 3.87. The van der Waals surface area contributed by atoms with Gasteiger partial charge in [0.15, 0.2) is 0 Å². The second-order valence-electron chi connectivity index (χ2n) is 2.43. The number of aliphatic hydroxyl groups is 1. The molecule has 1 N–H and O–H groups in total. The van der Waals surface area contributed by atoms with Gasteiger partial charge in [0.2, 0.25) is 0 Å². The number of azide groups is 1. The van der Waals surface area contributed by atoms with Crippen LogP contribution in [0.1, 0.15) is 18.7 Å². The molecule has 0 amide bonds. The van der Waals surface area contributed by atoms with Gasteiger partial charge in [0.1, 0.15) is 11.8 Å². The van der Waals surface area contributed by atoms with Crippen molar-refractivity contribution in [2.75, 3.05) is 6.54 Å². The number of aryl methyl sites for hydroxylation is 1. The molecule has 1 aromatic heterocycles. The van der Waals surface area contributed by atoms with Gasteiger partial charge in [-0.05, 0) is 12.5 Å². The normalized spacial score (nSPS) is 12.2. The zero-order valence-electron chi connectivity index (χ0n) is 7.20. The molecule has 0 aromatic carbocycles. The van der Waals surface area contributed by atoms with Crippen LogP contribution in [0.4, 0.5) is 0 Å². The number of hydrogen-bond acceptors (Lipinski definition) is 4. The summed E-state index contributed by atoms with van der Waals surface area (Å²) >= 11 is 0. The summed E-state index contributed by atoms with van der Waals surface area (Å²) < 4.78 is 1.59. The molecule has 0 radical (unpaired) electrons. The van der Waals surface area contributed by atoms with Gasteiger partial charge in [-0.15, -0.1) is 5.10 Å². The Morgan fingerprint density at radius 3 is 3.15 bits per heavy atom. The van der Waals surface area contributed by atoms with Crippen molar-refractivity contribution in [2.45, 2.75) is 19.6 Å². The van der Waals surface area contributed by atoms with Gasteiger partial charge in [0, 0.05) is 11.5 Å². The molecular formula is C6H10N6O. The third-order valence-electron chi connectivity index (χ3n) is 1.54. The molecule has 0 saturated carbocycles. The van der Waals surface area contributed by atoms with E-state index in [4.69, 9.17) is 5.53 Å². The fourth-order valence-corrected chi connectivity index (χ4v) is 0.828. The molecule has 1 aromatic rings. The minimum atomic E-state index is -0.865. The summed E-state index contributed by atoms with van der Waals surface area (Å²) in [5.41, 5.74) is 8.44. The predicted octanol–water partition coefficient (Wildman–Crippen LogP) is 0.642. The highest BCUT2D eigenvalue weighted by atomic mass is 16.3. The zero-order chi connectivity index (χ0) is 9.68. The van der Waals surface area contributed by atoms with Crippen LogP contribution < -0.4 is 0 Å². The van der Waals surface area contributed by atoms with E-state index in [0.717, 1.165) is 0 Å². The maximum absolute atomic E-state index is 9.38. The first kappa shape index (κ1) is 9.50. The lowest BCUT2D eigenvalue weighted by molar-refractivity contribution is 0.182. The van der Waals surface area contributed by atoms with Crippen LogP contribution in [-0.2, 0) is 6.54 Å². The van der Waals surface area contributed by atoms with Gasteiger partial charge in [-0.25, -0.2) is 0 Å². The molecule has 0 spiro atoms. The Hall–Kier alpha value is -1.59. The number of aromatic nitrogens is 3. The summed E-state index contributed by atoms with van der Waals surface area (Å²) in [7, 11) is 0. The van der Waals surface area contributed by atoms with E-state index in [0.29, 0.717) is 12.2 Å². The monoisotopic (exact) mass is 182 g/mol. The van der Waals surface area contributed by atoms with Crippen molar-refractivity contribution in [3.05, 3.63) is 22.3 Å². The standard InChI is InChI=1S/C6H10N6O/c1-2-12-4-5(9-11-12)6(13)3-8-10-7/h4,6,13H,2-3H2,1H3/t6-/m0/s1. The molecule has 0 aliphatic rings. The highest BCUT2D eigenvalue weighted by Gasteiger charge is 2.09. The number of rotatable bonds is 4. The molecule has 1 rings (SSSR count). The third-order valence-corrected chi connectivity index (χ3v) is 1.54. The lowest BCUT2D eigenvalue weighted by Gasteiger charge is -1.99. The SMILES string of the molecule is CCn1cc([C@@H](O)CN=[N+]=[N-])nn1. The van der Waals surface area contributed by atoms with E-state index in [2.05, 4.69) is 20.3 Å². The van der Waals surface area contributed by atoms with Crippen molar-refractivity contribution >= 4 is 0 Å². The molecule has 7 nitrogen and oxygen atoms in total. The van der Waals surface area contributed by atoms with Crippen molar-refractivity contribution in [2.24, 2.45) is 5.11 Å². The molecule has 70 valence electrons. The largest absolute Gasteiger partial charge is 0.387 e. The molecule has 7 heteroatoms. The second kappa shape index (κ2) is 4.44. The first-order chi connectivity index (χ1) is 6.27. The Kier molecular flexibility index (Phi) is 3.24. The Bertz CT molecular complexity index is 315. The lowest BCUT2D eigenvalue weighted by atomic mass is 10.3. The van der Waals surface area contributed by atoms with Crippen LogP contribution >= 0.6 is 0 Å². The van der Waals surface area contributed by atoms with E-state index in [1.165, 1.54) is 0 Å². The maximum Gasteiger partial charge on any atom is 0.111 e. The van der Waals surface area contributed by atoms with Crippen molar-refractivity contribution in [3.8, 4) is 0 Å². The molecular weight excluding hydrogens is 172 g/mol. The molecule has 0 aliphatic heterocycles. The van der Waals surface area contributed by atoms with Crippen molar-refractivity contribution < 1.29 is 5.11 Å². The number of aliphatic hydroxyl groups excluding tert-OH is 1. The Balaban J connectivity index is 2.65. The van der Waals surface area contributed by atoms with Crippen LogP contribution in [0.15, 0.2) is 11.3 Å². The van der Waals surface area contributed by atoms with E-state index in [1.807, 2.05) is 6.92 Å². The fraction of sp³-hybridized carbons (Fsp3) is 0.667. The maximum atomic E-state index is 9.38. The summed E-state index contributed by atoms with van der Waals surface area (Å²) in [5, 5.41) is 20.1. The van der Waals surface area contributed by atoms with Gasteiger partial charge < -0.3 is 5.11 Å². The van der Waals surface area contributed by atoms with Crippen molar-refractivity contribution in [1.82, 2.24) is 15.0 Å². The van der Waals surface area contributed by atoms with Gasteiger partial charge >= 0.3 is 0 Å². The predicted molar refractivity (Wildman–Crippen MR) is 44.7 cm³/mol. The molecule has 1 heterocycles. The van der Waals surface area contributed by atoms with E-state index < -0.39 is 6.10 Å². The Morgan fingerprint density at radius 1 is 1.85 bits per heavy atom. The fourth-order valence-electron chi connectivity index (χ4n) is 0.828. The lowest BCUT2D eigenvalue weighted by Crippen LogP contribution is -2.01. The average molecular weight is 182 g/mol. The number of hydrogen-bond donors (Lipinski definition) is 1. The first-order valence-electron chi connectivity index (χ1n) is 3.87. The highest BCUT2D eigenvalue weighted by molar-refractivity contribution is 4.97. The molecule has 0 aliphatic carbocycles. The van der Waals surface area contributed by atoms with E-state index in [1.54, 1.807) is 10.9 Å². The van der Waals surface area contributed by atoms with Crippen LogP contribution in [0.5, 0.6) is 0 Å². The van der Waals surface area contributed by atoms with Crippen molar-refractivity contribution in [3.63, 3.8) is 0 Å². The Morgan fingerprint density at radius 2 is 2.62 bits per heavy atom. The van der Waals surface area contributed by atoms with Crippen LogP contribution in [0, 0.1) is 0 Å². The van der Waals surface area contributed by atoms with Crippen LogP contribution in [0.25, 0.3) is 10.4 Å². The highest BCUT2D eigenvalue weighted by Crippen LogP contribution is 2.08. The molecule has 0 bridgehead atoms. The summed E-state index contributed by atoms with van der Waals surface area (Å²) in [4.78, 5) is 2.54. The molecule has 0 saturated heterocycles. The average Bonchev–Trinajstić information content (AvgIpc) is 2.62. The van der Waals surface area contributed by atoms with E-state index >= 15 is 0 Å². The smallest absolute Gasteiger partial charge is 0.111 e.